The molecule has 0 bridgehead atoms. The molecule has 1 aliphatic heterocycles. The Kier molecular flexibility index (Phi) is 6.10. The molecule has 0 atom stereocenters. The minimum atomic E-state index is -0.0888. The van der Waals surface area contributed by atoms with Gasteiger partial charge in [0.1, 0.15) is 5.75 Å². The van der Waals surface area contributed by atoms with Gasteiger partial charge in [0, 0.05) is 30.0 Å². The number of methoxy groups -OCH3 is 1. The van der Waals surface area contributed by atoms with Gasteiger partial charge in [-0.05, 0) is 43.4 Å². The van der Waals surface area contributed by atoms with Gasteiger partial charge >= 0.3 is 0 Å². The zero-order valence-electron chi connectivity index (χ0n) is 16.3. The standard InChI is InChI=1S/C21H22N2O4S2/c1-3-23-16-11-17-18(27-13-26-17)12-19(16)29-21(23)22-20(24)5-4-10-28-15-8-6-14(25-2)7-9-15/h6-9,11-12H,3-5,10,13H2,1-2H3. The lowest BCUT2D eigenvalue weighted by molar-refractivity contribution is -0.118. The van der Waals surface area contributed by atoms with Crippen LogP contribution in [-0.4, -0.2) is 30.1 Å². The normalized spacial score (nSPS) is 13.2. The molecule has 1 amide bonds. The van der Waals surface area contributed by atoms with Crippen LogP contribution in [-0.2, 0) is 11.3 Å². The Bertz CT molecular complexity index is 1090. The summed E-state index contributed by atoms with van der Waals surface area (Å²) in [6.07, 6.45) is 1.22. The van der Waals surface area contributed by atoms with Gasteiger partial charge in [0.15, 0.2) is 16.3 Å². The molecule has 0 radical (unpaired) electrons. The zero-order chi connectivity index (χ0) is 20.2. The predicted molar refractivity (Wildman–Crippen MR) is 115 cm³/mol. The number of fused-ring (bicyclic) bond motifs is 2. The van der Waals surface area contributed by atoms with Crippen molar-refractivity contribution in [2.45, 2.75) is 31.2 Å². The number of carbonyl (C=O) groups excluding carboxylic acids is 1. The van der Waals surface area contributed by atoms with E-state index in [1.165, 1.54) is 16.2 Å². The monoisotopic (exact) mass is 430 g/mol. The van der Waals surface area contributed by atoms with Gasteiger partial charge in [-0.15, -0.1) is 11.8 Å². The van der Waals surface area contributed by atoms with Gasteiger partial charge in [0.05, 0.1) is 17.3 Å². The van der Waals surface area contributed by atoms with Crippen LogP contribution in [0.1, 0.15) is 19.8 Å². The molecule has 152 valence electrons. The van der Waals surface area contributed by atoms with E-state index in [1.807, 2.05) is 47.9 Å². The first-order valence-corrected chi connectivity index (χ1v) is 11.3. The maximum absolute atomic E-state index is 12.4. The fourth-order valence-corrected chi connectivity index (χ4v) is 5.07. The molecular formula is C21H22N2O4S2. The summed E-state index contributed by atoms with van der Waals surface area (Å²) in [7, 11) is 1.66. The van der Waals surface area contributed by atoms with Crippen LogP contribution >= 0.6 is 23.1 Å². The summed E-state index contributed by atoms with van der Waals surface area (Å²) < 4.78 is 19.2. The van der Waals surface area contributed by atoms with Crippen molar-refractivity contribution in [1.29, 1.82) is 0 Å². The van der Waals surface area contributed by atoms with Crippen LogP contribution in [0.3, 0.4) is 0 Å². The molecule has 0 fully saturated rings. The van der Waals surface area contributed by atoms with Crippen LogP contribution in [0.15, 0.2) is 46.3 Å². The summed E-state index contributed by atoms with van der Waals surface area (Å²) in [6, 6.07) is 11.9. The summed E-state index contributed by atoms with van der Waals surface area (Å²) in [5.74, 6) is 3.12. The lowest BCUT2D eigenvalue weighted by Crippen LogP contribution is -2.15. The fraction of sp³-hybridized carbons (Fsp3) is 0.333. The first kappa shape index (κ1) is 19.8. The molecule has 0 saturated heterocycles. The zero-order valence-corrected chi connectivity index (χ0v) is 18.0. The largest absolute Gasteiger partial charge is 0.497 e. The third-order valence-corrected chi connectivity index (χ3v) is 6.72. The highest BCUT2D eigenvalue weighted by atomic mass is 32.2. The molecular weight excluding hydrogens is 408 g/mol. The van der Waals surface area contributed by atoms with Gasteiger partial charge < -0.3 is 18.8 Å². The smallest absolute Gasteiger partial charge is 0.248 e. The Morgan fingerprint density at radius 3 is 2.72 bits per heavy atom. The number of nitrogens with zero attached hydrogens (tertiary/aromatic N) is 2. The first-order valence-electron chi connectivity index (χ1n) is 9.45. The van der Waals surface area contributed by atoms with Crippen LogP contribution in [0.4, 0.5) is 0 Å². The number of hydrogen-bond acceptors (Lipinski definition) is 6. The number of ether oxygens (including phenoxy) is 3. The van der Waals surface area contributed by atoms with Crippen molar-refractivity contribution in [2.75, 3.05) is 19.7 Å². The van der Waals surface area contributed by atoms with Gasteiger partial charge in [-0.25, -0.2) is 0 Å². The van der Waals surface area contributed by atoms with Gasteiger partial charge in [-0.3, -0.25) is 4.79 Å². The van der Waals surface area contributed by atoms with Crippen molar-refractivity contribution in [1.82, 2.24) is 4.57 Å². The number of thioether (sulfide) groups is 1. The van der Waals surface area contributed by atoms with E-state index in [2.05, 4.69) is 4.99 Å². The van der Waals surface area contributed by atoms with Crippen molar-refractivity contribution < 1.29 is 19.0 Å². The number of carbonyl (C=O) groups is 1. The minimum absolute atomic E-state index is 0.0888. The second-order valence-electron chi connectivity index (χ2n) is 6.44. The number of benzene rings is 2. The first-order chi connectivity index (χ1) is 14.2. The predicted octanol–water partition coefficient (Wildman–Crippen LogP) is 4.46. The average Bonchev–Trinajstić information content (AvgIpc) is 3.32. The van der Waals surface area contributed by atoms with Gasteiger partial charge in [-0.1, -0.05) is 11.3 Å². The molecule has 1 aliphatic rings. The van der Waals surface area contributed by atoms with E-state index in [4.69, 9.17) is 14.2 Å². The molecule has 0 spiro atoms. The van der Waals surface area contributed by atoms with Gasteiger partial charge in [0.25, 0.3) is 0 Å². The lowest BCUT2D eigenvalue weighted by atomic mass is 10.3. The highest BCUT2D eigenvalue weighted by Gasteiger charge is 2.17. The molecule has 2 heterocycles. The second kappa shape index (κ2) is 8.92. The van der Waals surface area contributed by atoms with E-state index >= 15 is 0 Å². The van der Waals surface area contributed by atoms with Crippen molar-refractivity contribution in [3.8, 4) is 17.2 Å². The Morgan fingerprint density at radius 1 is 1.24 bits per heavy atom. The Labute approximate surface area is 177 Å². The Morgan fingerprint density at radius 2 is 2.00 bits per heavy atom. The average molecular weight is 431 g/mol. The third-order valence-electron chi connectivity index (χ3n) is 4.58. The SMILES string of the molecule is CCn1c(=NC(=O)CCCSc2ccc(OC)cc2)sc2cc3c(cc21)OCO3. The van der Waals surface area contributed by atoms with Crippen molar-refractivity contribution in [3.05, 3.63) is 41.2 Å². The molecule has 6 nitrogen and oxygen atoms in total. The maximum atomic E-state index is 12.4. The summed E-state index contributed by atoms with van der Waals surface area (Å²) in [6.45, 7) is 3.04. The number of hydrogen-bond donors (Lipinski definition) is 0. The molecule has 3 aromatic rings. The van der Waals surface area contributed by atoms with Crippen LogP contribution in [0, 0.1) is 0 Å². The molecule has 0 unspecified atom stereocenters. The van der Waals surface area contributed by atoms with E-state index in [0.29, 0.717) is 6.42 Å². The third kappa shape index (κ3) is 4.43. The van der Waals surface area contributed by atoms with Crippen molar-refractivity contribution in [3.63, 3.8) is 0 Å². The summed E-state index contributed by atoms with van der Waals surface area (Å²) in [5, 5.41) is 0. The highest BCUT2D eigenvalue weighted by molar-refractivity contribution is 7.99. The van der Waals surface area contributed by atoms with Crippen molar-refractivity contribution >= 4 is 39.2 Å². The fourth-order valence-electron chi connectivity index (χ4n) is 3.10. The molecule has 0 aliphatic carbocycles. The maximum Gasteiger partial charge on any atom is 0.248 e. The molecule has 29 heavy (non-hydrogen) atoms. The van der Waals surface area contributed by atoms with E-state index in [1.54, 1.807) is 18.9 Å². The minimum Gasteiger partial charge on any atom is -0.497 e. The van der Waals surface area contributed by atoms with E-state index in [-0.39, 0.29) is 12.7 Å². The van der Waals surface area contributed by atoms with E-state index < -0.39 is 0 Å². The summed E-state index contributed by atoms with van der Waals surface area (Å²) in [5.41, 5.74) is 1.02. The molecule has 4 rings (SSSR count). The van der Waals surface area contributed by atoms with Crippen LogP contribution in [0.25, 0.3) is 10.2 Å². The highest BCUT2D eigenvalue weighted by Crippen LogP contribution is 2.36. The number of amides is 1. The number of rotatable bonds is 7. The molecule has 2 aromatic carbocycles. The summed E-state index contributed by atoms with van der Waals surface area (Å²) in [4.78, 5) is 18.7. The second-order valence-corrected chi connectivity index (χ2v) is 8.61. The Balaban J connectivity index is 1.40. The van der Waals surface area contributed by atoms with E-state index in [9.17, 15) is 4.79 Å². The van der Waals surface area contributed by atoms with Crippen LogP contribution in [0.2, 0.25) is 0 Å². The van der Waals surface area contributed by atoms with Crippen molar-refractivity contribution in [2.24, 2.45) is 4.99 Å². The molecule has 8 heteroatoms. The number of thiazole rings is 1. The number of aromatic nitrogens is 1. The molecule has 0 saturated carbocycles. The van der Waals surface area contributed by atoms with Gasteiger partial charge in [0.2, 0.25) is 12.7 Å². The molecule has 1 aromatic heterocycles. The van der Waals surface area contributed by atoms with Crippen LogP contribution < -0.4 is 19.0 Å². The molecule has 0 N–H and O–H groups in total. The van der Waals surface area contributed by atoms with Crippen LogP contribution in [0.5, 0.6) is 17.2 Å². The number of aryl methyl sites for hydroxylation is 1. The van der Waals surface area contributed by atoms with E-state index in [0.717, 1.165) is 51.0 Å². The topological polar surface area (TPSA) is 62.1 Å². The quantitative estimate of drug-likeness (QED) is 0.409. The Hall–Kier alpha value is -2.45. The summed E-state index contributed by atoms with van der Waals surface area (Å²) >= 11 is 3.24. The van der Waals surface area contributed by atoms with Gasteiger partial charge in [-0.2, -0.15) is 4.99 Å². The lowest BCUT2D eigenvalue weighted by Gasteiger charge is -2.03.